The van der Waals surface area contributed by atoms with Crippen molar-refractivity contribution >= 4 is 39.5 Å². The topological polar surface area (TPSA) is 237 Å². The Hall–Kier alpha value is -6.36. The van der Waals surface area contributed by atoms with Crippen LogP contribution < -0.4 is 0 Å². The molecule has 5 unspecified atom stereocenters. The summed E-state index contributed by atoms with van der Waals surface area (Å²) in [6.07, 6.45) is 92.9. The Balaban J connectivity index is 5.54. The van der Waals surface area contributed by atoms with Crippen LogP contribution in [0.25, 0.3) is 0 Å². The summed E-state index contributed by atoms with van der Waals surface area (Å²) in [7, 11) is -10.0. The Morgan fingerprint density at radius 1 is 0.279 bits per heavy atom. The molecule has 0 aliphatic rings. The molecule has 0 bridgehead atoms. The minimum Gasteiger partial charge on any atom is -0.462 e. The number of phosphoric acid groups is 2. The standard InChI is InChI=1S/C85H132O17P2/c1-5-9-13-17-21-25-29-33-37-39-43-45-49-53-57-61-65-69-82(87)95-75-80(101-84(89)71-67-63-59-55-51-47-41-35-31-27-23-19-15-11-7-3)77-99-103(91,92)97-73-79(86)74-98-104(93,94)100-78-81(102-85(90)72-68-64-60-56-52-48-42-36-32-28-24-20-16-12-8-4)76-96-83(88)70-66-62-58-54-50-46-44-40-38-34-30-26-22-18-14-10-6-2/h9-16,21-28,33-38,41-46,51,53,55,57,63,67,79-81,86H,5-8,17-20,29-32,39-40,47-50,52,54,56,58-62,64-66,68-78H2,1-4H3,(H,91,92)(H,93,94)/b13-9-,14-10-,15-11-,16-12-,25-21-,26-22-,27-23-,28-24-,37-33-,38-34-,41-35-,42-36-,45-43-,46-44-,55-51-,57-53-,67-63-. The van der Waals surface area contributed by atoms with Crippen molar-refractivity contribution in [2.45, 2.75) is 264 Å². The van der Waals surface area contributed by atoms with Gasteiger partial charge in [-0.15, -0.1) is 0 Å². The highest BCUT2D eigenvalue weighted by molar-refractivity contribution is 7.47. The van der Waals surface area contributed by atoms with E-state index in [-0.39, 0.29) is 25.7 Å². The average molecular weight is 1490 g/mol. The number of carbonyl (C=O) groups excluding carboxylic acids is 4. The maximum absolute atomic E-state index is 13.1. The van der Waals surface area contributed by atoms with E-state index in [0.29, 0.717) is 32.1 Å². The third kappa shape index (κ3) is 73.9. The molecule has 3 N–H and O–H groups in total. The molecule has 0 saturated carbocycles. The van der Waals surface area contributed by atoms with Crippen LogP contribution in [0.3, 0.4) is 0 Å². The van der Waals surface area contributed by atoms with Crippen LogP contribution in [-0.2, 0) is 65.4 Å². The highest BCUT2D eigenvalue weighted by atomic mass is 31.2. The van der Waals surface area contributed by atoms with Crippen molar-refractivity contribution in [1.29, 1.82) is 0 Å². The van der Waals surface area contributed by atoms with Crippen molar-refractivity contribution in [3.63, 3.8) is 0 Å². The van der Waals surface area contributed by atoms with E-state index >= 15 is 0 Å². The van der Waals surface area contributed by atoms with Crippen LogP contribution in [-0.4, -0.2) is 96.7 Å². The summed E-state index contributed by atoms with van der Waals surface area (Å²) < 4.78 is 68.3. The van der Waals surface area contributed by atoms with E-state index in [4.69, 9.17) is 37.0 Å². The summed E-state index contributed by atoms with van der Waals surface area (Å²) in [5, 5.41) is 10.6. The fourth-order valence-electron chi connectivity index (χ4n) is 9.10. The van der Waals surface area contributed by atoms with Gasteiger partial charge in [0.1, 0.15) is 19.3 Å². The van der Waals surface area contributed by atoms with Gasteiger partial charge in [-0.3, -0.25) is 37.3 Å². The van der Waals surface area contributed by atoms with Gasteiger partial charge in [0.2, 0.25) is 0 Å². The van der Waals surface area contributed by atoms with Crippen LogP contribution in [0.4, 0.5) is 0 Å². The van der Waals surface area contributed by atoms with Gasteiger partial charge in [0.25, 0.3) is 0 Å². The number of rotatable bonds is 69. The fourth-order valence-corrected chi connectivity index (χ4v) is 10.7. The lowest BCUT2D eigenvalue weighted by Gasteiger charge is -2.21. The quantitative estimate of drug-likeness (QED) is 0.0169. The summed E-state index contributed by atoms with van der Waals surface area (Å²) in [6, 6.07) is 0. The molecule has 104 heavy (non-hydrogen) atoms. The van der Waals surface area contributed by atoms with Gasteiger partial charge in [0.05, 0.1) is 32.8 Å². The second kappa shape index (κ2) is 74.9. The zero-order chi connectivity index (χ0) is 76.0. The highest BCUT2D eigenvalue weighted by Gasteiger charge is 2.30. The molecule has 0 aliphatic carbocycles. The van der Waals surface area contributed by atoms with Gasteiger partial charge in [0.15, 0.2) is 12.2 Å². The maximum atomic E-state index is 13.1. The Labute approximate surface area is 627 Å². The molecule has 0 amide bonds. The summed E-state index contributed by atoms with van der Waals surface area (Å²) in [5.74, 6) is -2.47. The predicted molar refractivity (Wildman–Crippen MR) is 426 cm³/mol. The monoisotopic (exact) mass is 1490 g/mol. The lowest BCUT2D eigenvalue weighted by molar-refractivity contribution is -0.161. The van der Waals surface area contributed by atoms with Gasteiger partial charge >= 0.3 is 39.5 Å². The van der Waals surface area contributed by atoms with Crippen molar-refractivity contribution in [2.24, 2.45) is 0 Å². The molecule has 584 valence electrons. The first-order valence-electron chi connectivity index (χ1n) is 38.3. The van der Waals surface area contributed by atoms with Crippen LogP contribution in [0.1, 0.15) is 246 Å². The smallest absolute Gasteiger partial charge is 0.462 e. The first-order valence-corrected chi connectivity index (χ1v) is 41.3. The first kappa shape index (κ1) is 97.6. The molecule has 0 spiro atoms. The number of aliphatic hydroxyl groups excluding tert-OH is 1. The summed E-state index contributed by atoms with van der Waals surface area (Å²) in [6.45, 7) is 4.14. The normalized spacial score (nSPS) is 15.0. The average Bonchev–Trinajstić information content (AvgIpc) is 0.937. The molecular formula is C85H132O17P2. The number of aliphatic hydroxyl groups is 1. The SMILES string of the molecule is CC/C=C\C/C=C\C/C=C\C/C=C\C/C=C\CCCC(=O)OCC(COP(=O)(O)OCC(O)COP(=O)(O)OCC(COC(=O)CCCCCC/C=C\C/C=C\C/C=C\C/C=C\CC)OC(=O)CCCCCCC/C=C\C/C=C\C/C=C\CC)OC(=O)C/C=C\C/C=C\C/C=C\C/C=C\C/C=C\CC. The van der Waals surface area contributed by atoms with Crippen molar-refractivity contribution in [3.8, 4) is 0 Å². The second-order valence-electron chi connectivity index (χ2n) is 24.4. The van der Waals surface area contributed by atoms with Gasteiger partial charge in [-0.05, 0) is 161 Å². The van der Waals surface area contributed by atoms with Crippen LogP contribution >= 0.6 is 15.6 Å². The van der Waals surface area contributed by atoms with Crippen LogP contribution in [0.2, 0.25) is 0 Å². The number of unbranched alkanes of at least 4 members (excludes halogenated alkanes) is 10. The number of ether oxygens (including phenoxy) is 4. The minimum absolute atomic E-state index is 0.0542. The molecule has 0 aromatic rings. The highest BCUT2D eigenvalue weighted by Crippen LogP contribution is 2.45. The van der Waals surface area contributed by atoms with E-state index in [1.165, 1.54) is 0 Å². The molecule has 17 nitrogen and oxygen atoms in total. The van der Waals surface area contributed by atoms with Crippen molar-refractivity contribution in [2.75, 3.05) is 39.6 Å². The van der Waals surface area contributed by atoms with Crippen molar-refractivity contribution in [1.82, 2.24) is 0 Å². The number of carbonyl (C=O) groups is 4. The molecule has 0 rings (SSSR count). The van der Waals surface area contributed by atoms with Gasteiger partial charge in [0, 0.05) is 19.3 Å². The van der Waals surface area contributed by atoms with E-state index in [1.54, 1.807) is 12.2 Å². The number of allylic oxidation sites excluding steroid dienone is 33. The Kier molecular flexibility index (Phi) is 70.3. The van der Waals surface area contributed by atoms with E-state index in [0.717, 1.165) is 161 Å². The summed E-state index contributed by atoms with van der Waals surface area (Å²) in [5.41, 5.74) is 0. The molecule has 19 heteroatoms. The largest absolute Gasteiger partial charge is 0.472 e. The van der Waals surface area contributed by atoms with E-state index in [9.17, 15) is 43.2 Å². The van der Waals surface area contributed by atoms with E-state index in [1.807, 2.05) is 24.3 Å². The zero-order valence-corrected chi connectivity index (χ0v) is 65.4. The van der Waals surface area contributed by atoms with Gasteiger partial charge in [-0.1, -0.05) is 266 Å². The Morgan fingerprint density at radius 3 is 0.846 bits per heavy atom. The van der Waals surface area contributed by atoms with Gasteiger partial charge in [-0.2, -0.15) is 0 Å². The predicted octanol–water partition coefficient (Wildman–Crippen LogP) is 22.3. The van der Waals surface area contributed by atoms with Crippen molar-refractivity contribution in [3.05, 3.63) is 207 Å². The third-order valence-corrected chi connectivity index (χ3v) is 16.7. The molecule has 0 heterocycles. The van der Waals surface area contributed by atoms with E-state index in [2.05, 4.69) is 198 Å². The molecule has 5 atom stereocenters. The van der Waals surface area contributed by atoms with E-state index < -0.39 is 97.5 Å². The molecule has 0 aromatic carbocycles. The number of hydrogen-bond acceptors (Lipinski definition) is 15. The Bertz CT molecular complexity index is 2790. The fraction of sp³-hybridized carbons (Fsp3) is 0.553. The lowest BCUT2D eigenvalue weighted by Crippen LogP contribution is -2.30. The molecule has 0 radical (unpaired) electrons. The molecular weight excluding hydrogens is 1350 g/mol. The lowest BCUT2D eigenvalue weighted by atomic mass is 10.1. The molecule has 0 saturated heterocycles. The van der Waals surface area contributed by atoms with Crippen molar-refractivity contribution < 1.29 is 80.2 Å². The number of phosphoric ester groups is 2. The summed E-state index contributed by atoms with van der Waals surface area (Å²) in [4.78, 5) is 72.9. The van der Waals surface area contributed by atoms with Gasteiger partial charge < -0.3 is 33.8 Å². The first-order chi connectivity index (χ1) is 50.7. The maximum Gasteiger partial charge on any atom is 0.472 e. The number of hydrogen-bond donors (Lipinski definition) is 3. The van der Waals surface area contributed by atoms with Crippen LogP contribution in [0.15, 0.2) is 207 Å². The Morgan fingerprint density at radius 2 is 0.519 bits per heavy atom. The third-order valence-electron chi connectivity index (χ3n) is 14.8. The van der Waals surface area contributed by atoms with Crippen LogP contribution in [0.5, 0.6) is 0 Å². The summed E-state index contributed by atoms with van der Waals surface area (Å²) >= 11 is 0. The second-order valence-corrected chi connectivity index (χ2v) is 27.3. The van der Waals surface area contributed by atoms with Crippen LogP contribution in [0, 0.1) is 0 Å². The number of esters is 4. The zero-order valence-electron chi connectivity index (χ0n) is 63.6. The minimum atomic E-state index is -5.03. The molecule has 0 aromatic heterocycles. The molecule has 0 aliphatic heterocycles. The molecule has 0 fully saturated rings. The van der Waals surface area contributed by atoms with Gasteiger partial charge in [-0.25, -0.2) is 9.13 Å².